The predicted molar refractivity (Wildman–Crippen MR) is 82.3 cm³/mol. The van der Waals surface area contributed by atoms with E-state index in [0.717, 1.165) is 28.8 Å². The highest BCUT2D eigenvalue weighted by Crippen LogP contribution is 2.22. The quantitative estimate of drug-likeness (QED) is 0.539. The normalized spacial score (nSPS) is 14.4. The largest absolute Gasteiger partial charge is 0.245 e. The molecule has 0 spiro atoms. The first kappa shape index (κ1) is 18.5. The van der Waals surface area contributed by atoms with E-state index in [4.69, 9.17) is 0 Å². The molecule has 21 heavy (non-hydrogen) atoms. The first-order valence-corrected chi connectivity index (χ1v) is 10.3. The van der Waals surface area contributed by atoms with Crippen molar-refractivity contribution >= 4 is 35.8 Å². The molecule has 0 amide bonds. The molecule has 0 bridgehead atoms. The lowest BCUT2D eigenvalue weighted by atomic mass is 10.3. The first-order chi connectivity index (χ1) is 9.46. The number of rotatable bonds is 6. The van der Waals surface area contributed by atoms with E-state index < -0.39 is 30.6 Å². The van der Waals surface area contributed by atoms with Crippen molar-refractivity contribution in [2.24, 2.45) is 0 Å². The van der Waals surface area contributed by atoms with Gasteiger partial charge in [0.05, 0.1) is 4.90 Å². The molecule has 0 aliphatic heterocycles. The maximum Gasteiger partial charge on any atom is 0.245 e. The van der Waals surface area contributed by atoms with Crippen molar-refractivity contribution < 1.29 is 21.2 Å². The van der Waals surface area contributed by atoms with Crippen LogP contribution in [-0.4, -0.2) is 45.8 Å². The van der Waals surface area contributed by atoms with Crippen molar-refractivity contribution in [1.82, 2.24) is 4.31 Å². The standard InChI is InChI=1S/C12H17BrFNO4S2/c1-9(13)6-7-15(2)21(18,19)12-8-10(20(3,16)17)4-5-11(12)14/h4-5,8-9H,6-7H2,1-3H3. The molecule has 1 rings (SSSR count). The smallest absolute Gasteiger partial charge is 0.224 e. The Morgan fingerprint density at radius 2 is 1.86 bits per heavy atom. The minimum atomic E-state index is -4.08. The number of hydrogen-bond donors (Lipinski definition) is 0. The number of nitrogens with zero attached hydrogens (tertiary/aromatic N) is 1. The molecule has 120 valence electrons. The van der Waals surface area contributed by atoms with Gasteiger partial charge in [-0.15, -0.1) is 0 Å². The van der Waals surface area contributed by atoms with Crippen LogP contribution in [0.5, 0.6) is 0 Å². The second-order valence-corrected chi connectivity index (χ2v) is 10.4. The summed E-state index contributed by atoms with van der Waals surface area (Å²) in [4.78, 5) is -0.748. The average molecular weight is 402 g/mol. The van der Waals surface area contributed by atoms with Crippen molar-refractivity contribution in [2.45, 2.75) is 28.0 Å². The van der Waals surface area contributed by atoms with Crippen molar-refractivity contribution in [3.05, 3.63) is 24.0 Å². The Labute approximate surface area is 133 Å². The lowest BCUT2D eigenvalue weighted by Crippen LogP contribution is -2.29. The van der Waals surface area contributed by atoms with Gasteiger partial charge < -0.3 is 0 Å². The summed E-state index contributed by atoms with van der Waals surface area (Å²) >= 11 is 3.30. The van der Waals surface area contributed by atoms with E-state index >= 15 is 0 Å². The highest BCUT2D eigenvalue weighted by Gasteiger charge is 2.26. The molecule has 0 fully saturated rings. The summed E-state index contributed by atoms with van der Waals surface area (Å²) in [6, 6.07) is 2.75. The second kappa shape index (κ2) is 6.72. The number of sulfonamides is 1. The van der Waals surface area contributed by atoms with Crippen LogP contribution in [0.15, 0.2) is 28.0 Å². The Morgan fingerprint density at radius 3 is 2.33 bits per heavy atom. The van der Waals surface area contributed by atoms with Gasteiger partial charge in [-0.1, -0.05) is 22.9 Å². The van der Waals surface area contributed by atoms with E-state index in [1.165, 1.54) is 7.05 Å². The minimum absolute atomic E-state index is 0.113. The van der Waals surface area contributed by atoms with Crippen LogP contribution >= 0.6 is 15.9 Å². The van der Waals surface area contributed by atoms with E-state index in [9.17, 15) is 21.2 Å². The van der Waals surface area contributed by atoms with E-state index in [1.54, 1.807) is 0 Å². The molecular formula is C12H17BrFNO4S2. The Bertz CT molecular complexity index is 717. The first-order valence-electron chi connectivity index (χ1n) is 6.06. The third-order valence-corrected chi connectivity index (χ3v) is 6.30. The molecule has 0 N–H and O–H groups in total. The molecule has 1 unspecified atom stereocenters. The van der Waals surface area contributed by atoms with Gasteiger partial charge in [0.25, 0.3) is 0 Å². The molecule has 0 aliphatic rings. The summed E-state index contributed by atoms with van der Waals surface area (Å²) in [6.45, 7) is 2.06. The van der Waals surface area contributed by atoms with E-state index in [2.05, 4.69) is 15.9 Å². The highest BCUT2D eigenvalue weighted by molar-refractivity contribution is 9.09. The molecule has 1 aromatic carbocycles. The Hall–Kier alpha value is -0.510. The number of halogens is 2. The van der Waals surface area contributed by atoms with Gasteiger partial charge in [0, 0.05) is 24.7 Å². The third-order valence-electron chi connectivity index (χ3n) is 2.86. The fourth-order valence-electron chi connectivity index (χ4n) is 1.56. The number of hydrogen-bond acceptors (Lipinski definition) is 4. The summed E-state index contributed by atoms with van der Waals surface area (Å²) in [5.41, 5.74) is 0. The van der Waals surface area contributed by atoms with Gasteiger partial charge in [-0.05, 0) is 24.6 Å². The summed E-state index contributed by atoms with van der Waals surface area (Å²) in [7, 11) is -6.36. The van der Waals surface area contributed by atoms with Crippen molar-refractivity contribution in [3.8, 4) is 0 Å². The van der Waals surface area contributed by atoms with Crippen LogP contribution in [0.1, 0.15) is 13.3 Å². The summed E-state index contributed by atoms with van der Waals surface area (Å²) in [5, 5.41) is 0. The molecule has 5 nitrogen and oxygen atoms in total. The van der Waals surface area contributed by atoms with Gasteiger partial charge in [0.1, 0.15) is 10.7 Å². The fourth-order valence-corrected chi connectivity index (χ4v) is 3.76. The molecule has 0 saturated heterocycles. The van der Waals surface area contributed by atoms with Crippen LogP contribution in [-0.2, 0) is 19.9 Å². The minimum Gasteiger partial charge on any atom is -0.224 e. The summed E-state index contributed by atoms with van der Waals surface area (Å²) < 4.78 is 62.4. The van der Waals surface area contributed by atoms with Crippen LogP contribution in [0.2, 0.25) is 0 Å². The average Bonchev–Trinajstić information content (AvgIpc) is 2.34. The molecule has 0 aromatic heterocycles. The number of sulfone groups is 1. The predicted octanol–water partition coefficient (Wildman–Crippen LogP) is 2.02. The lowest BCUT2D eigenvalue weighted by molar-refractivity contribution is 0.455. The van der Waals surface area contributed by atoms with Gasteiger partial charge in [-0.25, -0.2) is 25.5 Å². The van der Waals surface area contributed by atoms with E-state index in [0.29, 0.717) is 6.42 Å². The number of alkyl halides is 1. The van der Waals surface area contributed by atoms with Gasteiger partial charge >= 0.3 is 0 Å². The van der Waals surface area contributed by atoms with Crippen LogP contribution in [0.25, 0.3) is 0 Å². The zero-order valence-corrected chi connectivity index (χ0v) is 15.1. The van der Waals surface area contributed by atoms with Gasteiger partial charge in [0.2, 0.25) is 10.0 Å². The van der Waals surface area contributed by atoms with Crippen molar-refractivity contribution in [1.29, 1.82) is 0 Å². The van der Waals surface area contributed by atoms with Gasteiger partial charge in [-0.3, -0.25) is 0 Å². The highest BCUT2D eigenvalue weighted by atomic mass is 79.9. The van der Waals surface area contributed by atoms with Crippen LogP contribution in [0, 0.1) is 5.82 Å². The van der Waals surface area contributed by atoms with Crippen LogP contribution in [0.3, 0.4) is 0 Å². The zero-order valence-electron chi connectivity index (χ0n) is 11.9. The Kier molecular flexibility index (Phi) is 5.93. The maximum atomic E-state index is 13.8. The van der Waals surface area contributed by atoms with Gasteiger partial charge in [0.15, 0.2) is 9.84 Å². The monoisotopic (exact) mass is 401 g/mol. The van der Waals surface area contributed by atoms with Crippen molar-refractivity contribution in [3.63, 3.8) is 0 Å². The molecule has 0 heterocycles. The summed E-state index contributed by atoms with van der Waals surface area (Å²) in [6.07, 6.45) is 1.48. The molecule has 1 aromatic rings. The molecule has 0 aliphatic carbocycles. The third kappa shape index (κ3) is 4.73. The lowest BCUT2D eigenvalue weighted by Gasteiger charge is -2.18. The Morgan fingerprint density at radius 1 is 1.29 bits per heavy atom. The molecule has 1 atom stereocenters. The van der Waals surface area contributed by atoms with Crippen LogP contribution < -0.4 is 0 Å². The molecular weight excluding hydrogens is 385 g/mol. The van der Waals surface area contributed by atoms with Crippen molar-refractivity contribution in [2.75, 3.05) is 19.8 Å². The number of benzene rings is 1. The maximum absolute atomic E-state index is 13.8. The molecule has 0 radical (unpaired) electrons. The van der Waals surface area contributed by atoms with E-state index in [-0.39, 0.29) is 16.3 Å². The van der Waals surface area contributed by atoms with Crippen LogP contribution in [0.4, 0.5) is 4.39 Å². The molecule has 0 saturated carbocycles. The van der Waals surface area contributed by atoms with Gasteiger partial charge in [-0.2, -0.15) is 0 Å². The second-order valence-electron chi connectivity index (χ2n) is 4.76. The summed E-state index contributed by atoms with van der Waals surface area (Å²) in [5.74, 6) is -0.971. The Balaban J connectivity index is 3.25. The van der Waals surface area contributed by atoms with E-state index in [1.807, 2.05) is 6.92 Å². The topological polar surface area (TPSA) is 71.5 Å². The zero-order chi connectivity index (χ0) is 16.4. The molecule has 9 heteroatoms. The fraction of sp³-hybridized carbons (Fsp3) is 0.500. The SMILES string of the molecule is CC(Br)CCN(C)S(=O)(=O)c1cc(S(C)(=O)=O)ccc1F.